The highest BCUT2D eigenvalue weighted by atomic mass is 35.5. The second kappa shape index (κ2) is 8.58. The zero-order valence-corrected chi connectivity index (χ0v) is 15.4. The molecule has 2 aromatic carbocycles. The smallest absolute Gasteiger partial charge is 0.272 e. The highest BCUT2D eigenvalue weighted by Gasteiger charge is 2.15. The molecule has 0 atom stereocenters. The largest absolute Gasteiger partial charge is 0.465 e. The maximum absolute atomic E-state index is 12.7. The van der Waals surface area contributed by atoms with Crippen molar-refractivity contribution in [3.8, 4) is 0 Å². The Balaban J connectivity index is 1.82. The summed E-state index contributed by atoms with van der Waals surface area (Å²) in [6.45, 7) is 0. The van der Waals surface area contributed by atoms with Crippen molar-refractivity contribution in [2.24, 2.45) is 0 Å². The van der Waals surface area contributed by atoms with Gasteiger partial charge in [0.1, 0.15) is 11.5 Å². The molecule has 3 aromatic rings. The lowest BCUT2D eigenvalue weighted by Gasteiger charge is -2.11. The molecule has 0 radical (unpaired) electrons. The van der Waals surface area contributed by atoms with Gasteiger partial charge >= 0.3 is 0 Å². The first-order valence-electron chi connectivity index (χ1n) is 7.90. The molecular formula is C20H14Cl2N2O3. The average molecular weight is 401 g/mol. The van der Waals surface area contributed by atoms with Crippen LogP contribution in [-0.4, -0.2) is 11.8 Å². The third kappa shape index (κ3) is 5.23. The standard InChI is InChI=1S/C20H14Cl2N2O3/c21-14-5-3-13(4-6-14)19(25)24-18(12-17-2-1-11-27-17)20(26)23-16-9-7-15(22)8-10-16/h1-12H,(H,23,26)(H,24,25)/b18-12-. The Kier molecular flexibility index (Phi) is 5.96. The van der Waals surface area contributed by atoms with Gasteiger partial charge in [-0.25, -0.2) is 0 Å². The number of carbonyl (C=O) groups excluding carboxylic acids is 2. The molecule has 3 rings (SSSR count). The van der Waals surface area contributed by atoms with E-state index in [0.717, 1.165) is 0 Å². The minimum absolute atomic E-state index is 0.0276. The van der Waals surface area contributed by atoms with Gasteiger partial charge in [0.15, 0.2) is 0 Å². The maximum Gasteiger partial charge on any atom is 0.272 e. The Morgan fingerprint density at radius 2 is 1.52 bits per heavy atom. The Morgan fingerprint density at radius 1 is 0.889 bits per heavy atom. The van der Waals surface area contributed by atoms with E-state index >= 15 is 0 Å². The van der Waals surface area contributed by atoms with E-state index in [9.17, 15) is 9.59 Å². The van der Waals surface area contributed by atoms with Gasteiger partial charge in [-0.2, -0.15) is 0 Å². The highest BCUT2D eigenvalue weighted by molar-refractivity contribution is 6.31. The quantitative estimate of drug-likeness (QED) is 0.592. The van der Waals surface area contributed by atoms with Crippen LogP contribution in [0.1, 0.15) is 16.1 Å². The van der Waals surface area contributed by atoms with E-state index in [1.807, 2.05) is 0 Å². The third-order valence-corrected chi connectivity index (χ3v) is 4.04. The lowest BCUT2D eigenvalue weighted by molar-refractivity contribution is -0.113. The summed E-state index contributed by atoms with van der Waals surface area (Å²) in [6, 6.07) is 16.3. The van der Waals surface area contributed by atoms with Crippen LogP contribution < -0.4 is 10.6 Å². The van der Waals surface area contributed by atoms with Gasteiger partial charge in [0.05, 0.1) is 6.26 Å². The first kappa shape index (κ1) is 18.8. The first-order chi connectivity index (χ1) is 13.0. The van der Waals surface area contributed by atoms with Gasteiger partial charge < -0.3 is 15.1 Å². The van der Waals surface area contributed by atoms with Crippen LogP contribution in [0.5, 0.6) is 0 Å². The Morgan fingerprint density at radius 3 is 2.11 bits per heavy atom. The number of nitrogens with one attached hydrogen (secondary N) is 2. The Labute approximate surface area is 165 Å². The molecule has 0 aliphatic rings. The second-order valence-electron chi connectivity index (χ2n) is 5.50. The van der Waals surface area contributed by atoms with Crippen LogP contribution >= 0.6 is 23.2 Å². The van der Waals surface area contributed by atoms with E-state index in [2.05, 4.69) is 10.6 Å². The average Bonchev–Trinajstić information content (AvgIpc) is 3.16. The maximum atomic E-state index is 12.7. The molecule has 0 saturated carbocycles. The molecular weight excluding hydrogens is 387 g/mol. The number of benzene rings is 2. The van der Waals surface area contributed by atoms with E-state index in [1.165, 1.54) is 12.3 Å². The first-order valence-corrected chi connectivity index (χ1v) is 8.66. The third-order valence-electron chi connectivity index (χ3n) is 3.53. The summed E-state index contributed by atoms with van der Waals surface area (Å²) in [7, 11) is 0. The zero-order valence-electron chi connectivity index (χ0n) is 13.9. The Bertz CT molecular complexity index is 963. The van der Waals surface area contributed by atoms with Crippen molar-refractivity contribution in [1.29, 1.82) is 0 Å². The topological polar surface area (TPSA) is 71.3 Å². The second-order valence-corrected chi connectivity index (χ2v) is 6.37. The van der Waals surface area contributed by atoms with Crippen molar-refractivity contribution in [3.05, 3.63) is 94.0 Å². The molecule has 1 heterocycles. The van der Waals surface area contributed by atoms with Crippen LogP contribution in [-0.2, 0) is 4.79 Å². The van der Waals surface area contributed by atoms with Gasteiger partial charge in [-0.3, -0.25) is 9.59 Å². The van der Waals surface area contributed by atoms with Gasteiger partial charge in [0.25, 0.3) is 11.8 Å². The molecule has 0 spiro atoms. The predicted octanol–water partition coefficient (Wildman–Crippen LogP) is 5.00. The van der Waals surface area contributed by atoms with Gasteiger partial charge in [-0.15, -0.1) is 0 Å². The number of furan rings is 1. The Hall–Kier alpha value is -3.02. The fourth-order valence-electron chi connectivity index (χ4n) is 2.20. The van der Waals surface area contributed by atoms with Crippen molar-refractivity contribution in [2.75, 3.05) is 5.32 Å². The van der Waals surface area contributed by atoms with Crippen molar-refractivity contribution in [1.82, 2.24) is 5.32 Å². The van der Waals surface area contributed by atoms with Crippen LogP contribution in [0.25, 0.3) is 6.08 Å². The van der Waals surface area contributed by atoms with E-state index in [1.54, 1.807) is 60.7 Å². The van der Waals surface area contributed by atoms with Crippen LogP contribution in [0.15, 0.2) is 77.0 Å². The minimum atomic E-state index is -0.504. The van der Waals surface area contributed by atoms with Crippen molar-refractivity contribution < 1.29 is 14.0 Å². The summed E-state index contributed by atoms with van der Waals surface area (Å²) in [6.07, 6.45) is 2.92. The van der Waals surface area contributed by atoms with Gasteiger partial charge in [-0.1, -0.05) is 23.2 Å². The van der Waals surface area contributed by atoms with Crippen LogP contribution in [0.2, 0.25) is 10.0 Å². The monoisotopic (exact) mass is 400 g/mol. The summed E-state index contributed by atoms with van der Waals surface area (Å²) in [5.74, 6) is -0.528. The molecule has 0 fully saturated rings. The lowest BCUT2D eigenvalue weighted by Crippen LogP contribution is -2.30. The number of hydrogen-bond donors (Lipinski definition) is 2. The molecule has 27 heavy (non-hydrogen) atoms. The molecule has 0 saturated heterocycles. The summed E-state index contributed by atoms with van der Waals surface area (Å²) in [4.78, 5) is 25.1. The fourth-order valence-corrected chi connectivity index (χ4v) is 2.45. The fraction of sp³-hybridized carbons (Fsp3) is 0. The molecule has 5 nitrogen and oxygen atoms in total. The molecule has 7 heteroatoms. The summed E-state index contributed by atoms with van der Waals surface area (Å²) >= 11 is 11.7. The number of halogens is 2. The lowest BCUT2D eigenvalue weighted by atomic mass is 10.2. The summed E-state index contributed by atoms with van der Waals surface area (Å²) in [5.41, 5.74) is 0.930. The van der Waals surface area contributed by atoms with E-state index in [4.69, 9.17) is 27.6 Å². The molecule has 0 unspecified atom stereocenters. The van der Waals surface area contributed by atoms with Crippen LogP contribution in [0.4, 0.5) is 5.69 Å². The molecule has 0 bridgehead atoms. The normalized spacial score (nSPS) is 11.1. The number of carbonyl (C=O) groups is 2. The van der Waals surface area contributed by atoms with Crippen molar-refractivity contribution in [3.63, 3.8) is 0 Å². The van der Waals surface area contributed by atoms with Crippen molar-refractivity contribution in [2.45, 2.75) is 0 Å². The molecule has 136 valence electrons. The summed E-state index contributed by atoms with van der Waals surface area (Å²) < 4.78 is 5.24. The van der Waals surface area contributed by atoms with Gasteiger partial charge in [-0.05, 0) is 60.7 Å². The van der Waals surface area contributed by atoms with E-state index in [-0.39, 0.29) is 5.70 Å². The molecule has 0 aliphatic carbocycles. The molecule has 2 N–H and O–H groups in total. The molecule has 1 aromatic heterocycles. The number of rotatable bonds is 5. The van der Waals surface area contributed by atoms with Crippen LogP contribution in [0.3, 0.4) is 0 Å². The SMILES string of the molecule is O=C(Nc1ccc(Cl)cc1)/C(=C/c1ccco1)NC(=O)c1ccc(Cl)cc1. The molecule has 0 aliphatic heterocycles. The summed E-state index contributed by atoms with van der Waals surface area (Å²) in [5, 5.41) is 6.37. The van der Waals surface area contributed by atoms with E-state index in [0.29, 0.717) is 27.1 Å². The minimum Gasteiger partial charge on any atom is -0.465 e. The number of amides is 2. The molecule has 2 amide bonds. The number of anilines is 1. The van der Waals surface area contributed by atoms with Gasteiger partial charge in [0.2, 0.25) is 0 Å². The van der Waals surface area contributed by atoms with Crippen LogP contribution in [0, 0.1) is 0 Å². The van der Waals surface area contributed by atoms with Crippen molar-refractivity contribution >= 4 is 46.8 Å². The van der Waals surface area contributed by atoms with Gasteiger partial charge in [0, 0.05) is 27.4 Å². The van der Waals surface area contributed by atoms with E-state index < -0.39 is 11.8 Å². The zero-order chi connectivity index (χ0) is 19.2. The number of hydrogen-bond acceptors (Lipinski definition) is 3. The predicted molar refractivity (Wildman–Crippen MR) is 106 cm³/mol. The highest BCUT2D eigenvalue weighted by Crippen LogP contribution is 2.15.